The lowest BCUT2D eigenvalue weighted by Crippen LogP contribution is -2.10. The summed E-state index contributed by atoms with van der Waals surface area (Å²) in [6, 6.07) is 7.01. The van der Waals surface area contributed by atoms with Gasteiger partial charge < -0.3 is 4.42 Å². The average molecular weight is 350 g/mol. The van der Waals surface area contributed by atoms with Gasteiger partial charge in [0.2, 0.25) is 0 Å². The molecular formula is C13H8BrN3O2S. The molecule has 3 heterocycles. The maximum Gasteiger partial charge on any atom is 0.293 e. The molecule has 0 aliphatic rings. The molecule has 1 N–H and O–H groups in total. The second kappa shape index (κ2) is 5.56. The number of amides is 1. The Morgan fingerprint density at radius 2 is 2.25 bits per heavy atom. The smallest absolute Gasteiger partial charge is 0.293 e. The molecule has 0 saturated carbocycles. The van der Waals surface area contributed by atoms with Gasteiger partial charge in [-0.15, -0.1) is 11.3 Å². The third kappa shape index (κ3) is 2.78. The SMILES string of the molecule is O=C(Nc1nc(-c2cccnc2)cs1)c1ccc(Br)o1. The zero-order valence-electron chi connectivity index (χ0n) is 10.0. The molecule has 0 unspecified atom stereocenters. The van der Waals surface area contributed by atoms with Crippen molar-refractivity contribution in [3.63, 3.8) is 0 Å². The first-order valence-electron chi connectivity index (χ1n) is 5.65. The topological polar surface area (TPSA) is 68.0 Å². The highest BCUT2D eigenvalue weighted by Crippen LogP contribution is 2.24. The number of carbonyl (C=O) groups is 1. The second-order valence-electron chi connectivity index (χ2n) is 3.84. The van der Waals surface area contributed by atoms with Crippen molar-refractivity contribution in [2.75, 3.05) is 5.32 Å². The molecule has 5 nitrogen and oxygen atoms in total. The normalized spacial score (nSPS) is 10.4. The van der Waals surface area contributed by atoms with Crippen LogP contribution < -0.4 is 5.32 Å². The van der Waals surface area contributed by atoms with E-state index in [1.807, 2.05) is 17.5 Å². The minimum absolute atomic E-state index is 0.231. The number of anilines is 1. The van der Waals surface area contributed by atoms with Crippen molar-refractivity contribution in [3.8, 4) is 11.3 Å². The molecule has 7 heteroatoms. The van der Waals surface area contributed by atoms with E-state index in [4.69, 9.17) is 4.42 Å². The zero-order valence-corrected chi connectivity index (χ0v) is 12.4. The highest BCUT2D eigenvalue weighted by molar-refractivity contribution is 9.10. The van der Waals surface area contributed by atoms with Crippen LogP contribution in [0.5, 0.6) is 0 Å². The Morgan fingerprint density at radius 1 is 1.35 bits per heavy atom. The molecule has 0 aliphatic heterocycles. The lowest BCUT2D eigenvalue weighted by Gasteiger charge is -1.97. The van der Waals surface area contributed by atoms with E-state index in [2.05, 4.69) is 31.2 Å². The van der Waals surface area contributed by atoms with E-state index in [0.29, 0.717) is 9.80 Å². The number of thiazole rings is 1. The summed E-state index contributed by atoms with van der Waals surface area (Å²) in [5, 5.41) is 5.08. The Bertz CT molecular complexity index is 739. The molecule has 100 valence electrons. The average Bonchev–Trinajstić information content (AvgIpc) is 3.09. The lowest BCUT2D eigenvalue weighted by molar-refractivity contribution is 0.0995. The molecular weight excluding hydrogens is 342 g/mol. The van der Waals surface area contributed by atoms with Crippen molar-refractivity contribution in [1.29, 1.82) is 0 Å². The number of nitrogens with zero attached hydrogens (tertiary/aromatic N) is 2. The van der Waals surface area contributed by atoms with Crippen molar-refractivity contribution in [2.24, 2.45) is 0 Å². The van der Waals surface area contributed by atoms with Crippen LogP contribution in [0.3, 0.4) is 0 Å². The zero-order chi connectivity index (χ0) is 13.9. The van der Waals surface area contributed by atoms with E-state index in [0.717, 1.165) is 11.3 Å². The van der Waals surface area contributed by atoms with Gasteiger partial charge in [-0.05, 0) is 40.2 Å². The van der Waals surface area contributed by atoms with Crippen molar-refractivity contribution >= 4 is 38.3 Å². The lowest BCUT2D eigenvalue weighted by atomic mass is 10.2. The molecule has 0 spiro atoms. The van der Waals surface area contributed by atoms with Gasteiger partial charge in [0.05, 0.1) is 5.69 Å². The monoisotopic (exact) mass is 349 g/mol. The van der Waals surface area contributed by atoms with Gasteiger partial charge >= 0.3 is 0 Å². The summed E-state index contributed by atoms with van der Waals surface area (Å²) in [6.07, 6.45) is 3.43. The Kier molecular flexibility index (Phi) is 3.62. The van der Waals surface area contributed by atoms with Gasteiger partial charge in [-0.2, -0.15) is 0 Å². The van der Waals surface area contributed by atoms with Crippen molar-refractivity contribution < 1.29 is 9.21 Å². The largest absolute Gasteiger partial charge is 0.444 e. The Hall–Kier alpha value is -1.99. The first-order chi connectivity index (χ1) is 9.72. The number of nitrogens with one attached hydrogen (secondary N) is 1. The van der Waals surface area contributed by atoms with Crippen molar-refractivity contribution in [3.05, 3.63) is 52.5 Å². The van der Waals surface area contributed by atoms with Crippen molar-refractivity contribution in [2.45, 2.75) is 0 Å². The van der Waals surface area contributed by atoms with Gasteiger partial charge in [-0.25, -0.2) is 4.98 Å². The molecule has 3 aromatic rings. The number of rotatable bonds is 3. The number of carbonyl (C=O) groups excluding carboxylic acids is 1. The number of halogens is 1. The maximum absolute atomic E-state index is 11.9. The van der Waals surface area contributed by atoms with E-state index < -0.39 is 0 Å². The van der Waals surface area contributed by atoms with E-state index in [9.17, 15) is 4.79 Å². The number of pyridine rings is 1. The van der Waals surface area contributed by atoms with Crippen LogP contribution in [0, 0.1) is 0 Å². The third-order valence-corrected chi connectivity index (χ3v) is 3.66. The summed E-state index contributed by atoms with van der Waals surface area (Å²) in [7, 11) is 0. The van der Waals surface area contributed by atoms with Crippen LogP contribution in [-0.4, -0.2) is 15.9 Å². The number of furan rings is 1. The fourth-order valence-electron chi connectivity index (χ4n) is 1.57. The van der Waals surface area contributed by atoms with Crippen LogP contribution in [0.2, 0.25) is 0 Å². The minimum atomic E-state index is -0.331. The molecule has 1 amide bonds. The predicted octanol–water partition coefficient (Wildman–Crippen LogP) is 3.81. The predicted molar refractivity (Wildman–Crippen MR) is 79.7 cm³/mol. The fraction of sp³-hybridized carbons (Fsp3) is 0. The fourth-order valence-corrected chi connectivity index (χ4v) is 2.59. The first-order valence-corrected chi connectivity index (χ1v) is 7.32. The quantitative estimate of drug-likeness (QED) is 0.780. The van der Waals surface area contributed by atoms with Gasteiger partial charge in [-0.1, -0.05) is 0 Å². The molecule has 3 aromatic heterocycles. The molecule has 0 radical (unpaired) electrons. The van der Waals surface area contributed by atoms with Gasteiger partial charge in [0.15, 0.2) is 15.6 Å². The molecule has 20 heavy (non-hydrogen) atoms. The molecule has 0 bridgehead atoms. The third-order valence-electron chi connectivity index (χ3n) is 2.48. The van der Waals surface area contributed by atoms with Gasteiger partial charge in [0.1, 0.15) is 0 Å². The minimum Gasteiger partial charge on any atom is -0.444 e. The van der Waals surface area contributed by atoms with Gasteiger partial charge in [0.25, 0.3) is 5.91 Å². The van der Waals surface area contributed by atoms with Gasteiger partial charge in [0, 0.05) is 23.3 Å². The van der Waals surface area contributed by atoms with Crippen LogP contribution >= 0.6 is 27.3 Å². The van der Waals surface area contributed by atoms with E-state index in [1.54, 1.807) is 24.5 Å². The van der Waals surface area contributed by atoms with E-state index >= 15 is 0 Å². The summed E-state index contributed by atoms with van der Waals surface area (Å²) in [4.78, 5) is 20.3. The van der Waals surface area contributed by atoms with Crippen LogP contribution in [0.4, 0.5) is 5.13 Å². The Labute approximate surface area is 126 Å². The molecule has 0 fully saturated rings. The Balaban J connectivity index is 1.76. The molecule has 3 rings (SSSR count). The summed E-state index contributed by atoms with van der Waals surface area (Å²) < 4.78 is 5.69. The number of hydrogen-bond donors (Lipinski definition) is 1. The van der Waals surface area contributed by atoms with Crippen LogP contribution in [0.15, 0.2) is 51.1 Å². The summed E-state index contributed by atoms with van der Waals surface area (Å²) in [5.74, 6) is -0.0993. The van der Waals surface area contributed by atoms with E-state index in [-0.39, 0.29) is 11.7 Å². The number of aromatic nitrogens is 2. The van der Waals surface area contributed by atoms with Gasteiger partial charge in [-0.3, -0.25) is 15.1 Å². The highest BCUT2D eigenvalue weighted by atomic mass is 79.9. The second-order valence-corrected chi connectivity index (χ2v) is 5.48. The van der Waals surface area contributed by atoms with Crippen LogP contribution in [0.25, 0.3) is 11.3 Å². The molecule has 0 aromatic carbocycles. The molecule has 0 atom stereocenters. The summed E-state index contributed by atoms with van der Waals surface area (Å²) in [5.41, 5.74) is 1.68. The van der Waals surface area contributed by atoms with Crippen LogP contribution in [-0.2, 0) is 0 Å². The van der Waals surface area contributed by atoms with E-state index in [1.165, 1.54) is 11.3 Å². The van der Waals surface area contributed by atoms with Crippen molar-refractivity contribution in [1.82, 2.24) is 9.97 Å². The number of hydrogen-bond acceptors (Lipinski definition) is 5. The maximum atomic E-state index is 11.9. The summed E-state index contributed by atoms with van der Waals surface area (Å²) in [6.45, 7) is 0. The highest BCUT2D eigenvalue weighted by Gasteiger charge is 2.13. The standard InChI is InChI=1S/C13H8BrN3O2S/c14-11-4-3-10(19-11)12(18)17-13-16-9(7-20-13)8-2-1-5-15-6-8/h1-7H,(H,16,17,18). The first kappa shape index (κ1) is 13.0. The molecule has 0 saturated heterocycles. The Morgan fingerprint density at radius 3 is 2.95 bits per heavy atom. The molecule has 0 aliphatic carbocycles. The van der Waals surface area contributed by atoms with Crippen LogP contribution in [0.1, 0.15) is 10.6 Å². The summed E-state index contributed by atoms with van der Waals surface area (Å²) >= 11 is 4.50.